The molecule has 3 aliphatic rings. The highest BCUT2D eigenvalue weighted by molar-refractivity contribution is 7.98. The number of nitrogens with zero attached hydrogens (tertiary/aromatic N) is 2. The van der Waals surface area contributed by atoms with Crippen molar-refractivity contribution in [3.63, 3.8) is 0 Å². The van der Waals surface area contributed by atoms with Gasteiger partial charge in [0.15, 0.2) is 5.16 Å². The molecule has 1 spiro atoms. The number of amides is 1. The van der Waals surface area contributed by atoms with Gasteiger partial charge in [-0.15, -0.1) is 0 Å². The van der Waals surface area contributed by atoms with E-state index < -0.39 is 0 Å². The van der Waals surface area contributed by atoms with Crippen molar-refractivity contribution in [2.24, 2.45) is 23.0 Å². The molecule has 1 aromatic rings. The van der Waals surface area contributed by atoms with Crippen LogP contribution >= 0.6 is 11.8 Å². The van der Waals surface area contributed by atoms with Gasteiger partial charge in [-0.05, 0) is 42.4 Å². The van der Waals surface area contributed by atoms with Gasteiger partial charge in [0.1, 0.15) is 0 Å². The average molecular weight is 331 g/mol. The van der Waals surface area contributed by atoms with Crippen LogP contribution in [0.5, 0.6) is 0 Å². The molecule has 0 radical (unpaired) electrons. The first kappa shape index (κ1) is 15.1. The first-order chi connectivity index (χ1) is 11.1. The van der Waals surface area contributed by atoms with Crippen molar-refractivity contribution in [1.29, 1.82) is 0 Å². The highest BCUT2D eigenvalue weighted by atomic mass is 32.2. The van der Waals surface area contributed by atoms with Crippen molar-refractivity contribution in [2.45, 2.75) is 30.8 Å². The number of hydrogen-bond donors (Lipinski definition) is 1. The van der Waals surface area contributed by atoms with Gasteiger partial charge in [-0.25, -0.2) is 9.97 Å². The molecule has 4 atom stereocenters. The summed E-state index contributed by atoms with van der Waals surface area (Å²) in [6, 6.07) is 0. The van der Waals surface area contributed by atoms with Gasteiger partial charge in [-0.1, -0.05) is 18.7 Å². The highest BCUT2D eigenvalue weighted by Gasteiger charge is 2.68. The molecule has 2 fully saturated rings. The number of thioether (sulfide) groups is 1. The summed E-state index contributed by atoms with van der Waals surface area (Å²) in [5, 5.41) is 0.792. The molecular formula is C17H21N3O2S. The number of nitrogens with two attached hydrogens (primary N) is 1. The first-order valence-electron chi connectivity index (χ1n) is 8.07. The van der Waals surface area contributed by atoms with Crippen LogP contribution in [0.2, 0.25) is 0 Å². The molecule has 0 bridgehead atoms. The number of ether oxygens (including phenoxy) is 1. The summed E-state index contributed by atoms with van der Waals surface area (Å²) in [7, 11) is 0. The zero-order valence-electron chi connectivity index (χ0n) is 13.4. The van der Waals surface area contributed by atoms with Gasteiger partial charge in [-0.3, -0.25) is 4.79 Å². The SMILES string of the molecule is CSc1ncc2c(n1)C1C(CC(C(N)=O)=C2)[C@]12CCOC[C@@H]2C. The lowest BCUT2D eigenvalue weighted by atomic mass is 9.80. The summed E-state index contributed by atoms with van der Waals surface area (Å²) in [6.45, 7) is 3.85. The lowest BCUT2D eigenvalue weighted by molar-refractivity contribution is -0.114. The molecule has 1 aliphatic heterocycles. The zero-order valence-corrected chi connectivity index (χ0v) is 14.2. The van der Waals surface area contributed by atoms with Crippen LogP contribution in [0.3, 0.4) is 0 Å². The minimum Gasteiger partial charge on any atom is -0.381 e. The molecule has 1 aromatic heterocycles. The van der Waals surface area contributed by atoms with Crippen LogP contribution in [0.15, 0.2) is 16.9 Å². The lowest BCUT2D eigenvalue weighted by Crippen LogP contribution is -2.30. The number of rotatable bonds is 2. The highest BCUT2D eigenvalue weighted by Crippen LogP contribution is 2.74. The van der Waals surface area contributed by atoms with Crippen LogP contribution in [0.4, 0.5) is 0 Å². The third-order valence-corrected chi connectivity index (χ3v) is 6.48. The Balaban J connectivity index is 1.84. The van der Waals surface area contributed by atoms with E-state index in [1.807, 2.05) is 18.5 Å². The van der Waals surface area contributed by atoms with E-state index in [4.69, 9.17) is 15.5 Å². The van der Waals surface area contributed by atoms with Gasteiger partial charge in [-0.2, -0.15) is 0 Å². The van der Waals surface area contributed by atoms with Crippen LogP contribution in [-0.4, -0.2) is 35.3 Å². The van der Waals surface area contributed by atoms with E-state index in [-0.39, 0.29) is 11.3 Å². The molecule has 122 valence electrons. The van der Waals surface area contributed by atoms with Gasteiger partial charge in [0.2, 0.25) is 5.91 Å². The maximum absolute atomic E-state index is 11.8. The van der Waals surface area contributed by atoms with Crippen LogP contribution in [0, 0.1) is 17.3 Å². The zero-order chi connectivity index (χ0) is 16.2. The second-order valence-electron chi connectivity index (χ2n) is 6.86. The Bertz CT molecular complexity index is 705. The smallest absolute Gasteiger partial charge is 0.244 e. The molecule has 2 heterocycles. The number of carbonyl (C=O) groups is 1. The maximum Gasteiger partial charge on any atom is 0.244 e. The summed E-state index contributed by atoms with van der Waals surface area (Å²) in [6.07, 6.45) is 7.50. The number of aromatic nitrogens is 2. The van der Waals surface area contributed by atoms with E-state index in [1.165, 1.54) is 0 Å². The van der Waals surface area contributed by atoms with Crippen molar-refractivity contribution < 1.29 is 9.53 Å². The van der Waals surface area contributed by atoms with Crippen LogP contribution < -0.4 is 5.73 Å². The van der Waals surface area contributed by atoms with Crippen molar-refractivity contribution in [3.05, 3.63) is 23.0 Å². The summed E-state index contributed by atoms with van der Waals surface area (Å²) in [5.41, 5.74) is 8.56. The topological polar surface area (TPSA) is 78.1 Å². The fraction of sp³-hybridized carbons (Fsp3) is 0.588. The molecule has 2 aliphatic carbocycles. The van der Waals surface area contributed by atoms with E-state index in [1.54, 1.807) is 11.8 Å². The number of carbonyl (C=O) groups excluding carboxylic acids is 1. The monoisotopic (exact) mass is 331 g/mol. The molecule has 1 amide bonds. The standard InChI is InChI=1S/C17H21N3O2S/c1-9-8-22-4-3-17(9)12-6-10(15(18)21)5-11-7-19-16(23-2)20-14(11)13(12)17/h5,7,9,12-13H,3-4,6,8H2,1-2H3,(H2,18,21)/t9-,12?,13?,17+/m0/s1. The first-order valence-corrected chi connectivity index (χ1v) is 9.29. The lowest BCUT2D eigenvalue weighted by Gasteiger charge is -2.32. The molecule has 5 nitrogen and oxygen atoms in total. The number of primary amides is 1. The second-order valence-corrected chi connectivity index (χ2v) is 7.63. The summed E-state index contributed by atoms with van der Waals surface area (Å²) in [4.78, 5) is 21.0. The molecule has 2 unspecified atom stereocenters. The Kier molecular flexibility index (Phi) is 3.50. The second kappa shape index (κ2) is 5.31. The molecule has 6 heteroatoms. The molecule has 1 saturated heterocycles. The Labute approximate surface area is 140 Å². The molecule has 2 N–H and O–H groups in total. The number of hydrogen-bond acceptors (Lipinski definition) is 5. The van der Waals surface area contributed by atoms with Gasteiger partial charge >= 0.3 is 0 Å². The van der Waals surface area contributed by atoms with Gasteiger partial charge < -0.3 is 10.5 Å². The molecular weight excluding hydrogens is 310 g/mol. The van der Waals surface area contributed by atoms with Gasteiger partial charge in [0.25, 0.3) is 0 Å². The molecule has 4 rings (SSSR count). The maximum atomic E-state index is 11.8. The Hall–Kier alpha value is -1.40. The van der Waals surface area contributed by atoms with E-state index in [0.29, 0.717) is 23.3 Å². The molecule has 1 saturated carbocycles. The van der Waals surface area contributed by atoms with Crippen LogP contribution in [0.1, 0.15) is 36.9 Å². The van der Waals surface area contributed by atoms with E-state index >= 15 is 0 Å². The third kappa shape index (κ3) is 2.15. The fourth-order valence-corrected chi connectivity index (χ4v) is 5.07. The largest absolute Gasteiger partial charge is 0.381 e. The normalized spacial score (nSPS) is 35.0. The summed E-state index contributed by atoms with van der Waals surface area (Å²) >= 11 is 1.55. The minimum absolute atomic E-state index is 0.200. The van der Waals surface area contributed by atoms with E-state index in [9.17, 15) is 4.79 Å². The predicted octanol–water partition coefficient (Wildman–Crippen LogP) is 2.23. The molecule has 0 aromatic carbocycles. The summed E-state index contributed by atoms with van der Waals surface area (Å²) in [5.74, 6) is 0.968. The Morgan fingerprint density at radius 1 is 1.52 bits per heavy atom. The van der Waals surface area contributed by atoms with Gasteiger partial charge in [0, 0.05) is 36.5 Å². The van der Waals surface area contributed by atoms with Crippen molar-refractivity contribution in [2.75, 3.05) is 19.5 Å². The quantitative estimate of drug-likeness (QED) is 0.664. The van der Waals surface area contributed by atoms with E-state index in [2.05, 4.69) is 11.9 Å². The van der Waals surface area contributed by atoms with E-state index in [0.717, 1.165) is 42.5 Å². The Morgan fingerprint density at radius 2 is 2.35 bits per heavy atom. The van der Waals surface area contributed by atoms with Crippen molar-refractivity contribution in [1.82, 2.24) is 9.97 Å². The number of fused-ring (bicyclic) bond motifs is 5. The molecule has 23 heavy (non-hydrogen) atoms. The third-order valence-electron chi connectivity index (χ3n) is 5.92. The van der Waals surface area contributed by atoms with Gasteiger partial charge in [0.05, 0.1) is 5.69 Å². The van der Waals surface area contributed by atoms with Crippen LogP contribution in [-0.2, 0) is 9.53 Å². The predicted molar refractivity (Wildman–Crippen MR) is 88.9 cm³/mol. The van der Waals surface area contributed by atoms with Crippen molar-refractivity contribution in [3.8, 4) is 0 Å². The average Bonchev–Trinajstić information content (AvgIpc) is 3.21. The fourth-order valence-electron chi connectivity index (χ4n) is 4.72. The van der Waals surface area contributed by atoms with Crippen molar-refractivity contribution >= 4 is 23.7 Å². The Morgan fingerprint density at radius 3 is 3.04 bits per heavy atom. The minimum atomic E-state index is -0.327. The summed E-state index contributed by atoms with van der Waals surface area (Å²) < 4.78 is 5.66. The van der Waals surface area contributed by atoms with Crippen LogP contribution in [0.25, 0.3) is 6.08 Å².